The van der Waals surface area contributed by atoms with Crippen LogP contribution in [0.15, 0.2) is 12.1 Å². The molecule has 0 unspecified atom stereocenters. The van der Waals surface area contributed by atoms with Crippen LogP contribution in [-0.4, -0.2) is 15.9 Å². The number of carbonyl (C=O) groups excluding carboxylic acids is 1. The predicted molar refractivity (Wildman–Crippen MR) is 72.9 cm³/mol. The monoisotopic (exact) mass is 262 g/mol. The number of rotatable bonds is 2. The zero-order chi connectivity index (χ0) is 13.3. The Labute approximate surface area is 109 Å². The van der Waals surface area contributed by atoms with Crippen LogP contribution < -0.4 is 11.1 Å². The van der Waals surface area contributed by atoms with Gasteiger partial charge in [0.15, 0.2) is 5.13 Å². The molecule has 0 saturated carbocycles. The summed E-state index contributed by atoms with van der Waals surface area (Å²) in [6.07, 6.45) is 0. The smallest absolute Gasteiger partial charge is 0.268 e. The first kappa shape index (κ1) is 12.5. The van der Waals surface area contributed by atoms with E-state index in [2.05, 4.69) is 15.3 Å². The lowest BCUT2D eigenvalue weighted by Gasteiger charge is -2.05. The molecular formula is C12H14N4OS. The Bertz CT molecular complexity index is 586. The molecule has 0 aliphatic carbocycles. The van der Waals surface area contributed by atoms with Gasteiger partial charge in [-0.1, -0.05) is 11.3 Å². The van der Waals surface area contributed by atoms with Crippen molar-refractivity contribution in [1.29, 1.82) is 0 Å². The Kier molecular flexibility index (Phi) is 3.29. The number of anilines is 2. The molecule has 0 bridgehead atoms. The summed E-state index contributed by atoms with van der Waals surface area (Å²) in [4.78, 5) is 20.8. The maximum Gasteiger partial charge on any atom is 0.268 e. The fraction of sp³-hybridized carbons (Fsp3) is 0.250. The second-order valence-electron chi connectivity index (χ2n) is 4.09. The largest absolute Gasteiger partial charge is 0.375 e. The van der Waals surface area contributed by atoms with Crippen LogP contribution in [0.4, 0.5) is 10.9 Å². The highest BCUT2D eigenvalue weighted by molar-refractivity contribution is 7.17. The summed E-state index contributed by atoms with van der Waals surface area (Å²) in [6, 6.07) is 3.77. The van der Waals surface area contributed by atoms with Gasteiger partial charge in [0.05, 0.1) is 5.69 Å². The van der Waals surface area contributed by atoms with Crippen LogP contribution in [0, 0.1) is 20.8 Å². The van der Waals surface area contributed by atoms with E-state index in [1.165, 1.54) is 11.3 Å². The molecule has 2 heterocycles. The van der Waals surface area contributed by atoms with Gasteiger partial charge in [-0.25, -0.2) is 9.97 Å². The first-order valence-electron chi connectivity index (χ1n) is 5.45. The first-order chi connectivity index (χ1) is 8.45. The minimum Gasteiger partial charge on any atom is -0.375 e. The Balaban J connectivity index is 2.23. The molecule has 0 fully saturated rings. The van der Waals surface area contributed by atoms with Crippen molar-refractivity contribution in [3.8, 4) is 0 Å². The van der Waals surface area contributed by atoms with E-state index in [9.17, 15) is 4.79 Å². The third kappa shape index (κ3) is 2.65. The van der Waals surface area contributed by atoms with Crippen LogP contribution in [0.2, 0.25) is 0 Å². The van der Waals surface area contributed by atoms with Gasteiger partial charge in [-0.2, -0.15) is 0 Å². The van der Waals surface area contributed by atoms with Gasteiger partial charge in [0.2, 0.25) is 0 Å². The van der Waals surface area contributed by atoms with Crippen molar-refractivity contribution in [3.05, 3.63) is 34.0 Å². The number of pyridine rings is 1. The van der Waals surface area contributed by atoms with Crippen molar-refractivity contribution in [2.45, 2.75) is 20.8 Å². The minimum atomic E-state index is -0.223. The van der Waals surface area contributed by atoms with Crippen LogP contribution in [-0.2, 0) is 0 Å². The average Bonchev–Trinajstić information content (AvgIpc) is 2.56. The predicted octanol–water partition coefficient (Wildman–Crippen LogP) is 2.30. The number of nitrogens with one attached hydrogen (secondary N) is 1. The molecule has 3 N–H and O–H groups in total. The van der Waals surface area contributed by atoms with Crippen molar-refractivity contribution in [1.82, 2.24) is 9.97 Å². The van der Waals surface area contributed by atoms with Crippen molar-refractivity contribution in [3.63, 3.8) is 0 Å². The second kappa shape index (κ2) is 4.73. The van der Waals surface area contributed by atoms with Gasteiger partial charge in [-0.05, 0) is 38.5 Å². The minimum absolute atomic E-state index is 0.223. The zero-order valence-corrected chi connectivity index (χ0v) is 11.3. The van der Waals surface area contributed by atoms with Crippen LogP contribution in [0.5, 0.6) is 0 Å². The fourth-order valence-corrected chi connectivity index (χ4v) is 2.44. The van der Waals surface area contributed by atoms with Gasteiger partial charge in [-0.15, -0.1) is 0 Å². The topological polar surface area (TPSA) is 80.9 Å². The van der Waals surface area contributed by atoms with Gasteiger partial charge in [0.25, 0.3) is 5.91 Å². The van der Waals surface area contributed by atoms with Gasteiger partial charge < -0.3 is 11.1 Å². The lowest BCUT2D eigenvalue weighted by molar-refractivity contribution is 0.102. The molecule has 0 aromatic carbocycles. The molecule has 94 valence electrons. The molecule has 5 nitrogen and oxygen atoms in total. The van der Waals surface area contributed by atoms with Crippen molar-refractivity contribution in [2.75, 3.05) is 11.1 Å². The lowest BCUT2D eigenvalue weighted by atomic mass is 10.2. The van der Waals surface area contributed by atoms with E-state index in [0.29, 0.717) is 21.5 Å². The van der Waals surface area contributed by atoms with E-state index in [-0.39, 0.29) is 5.91 Å². The highest BCUT2D eigenvalue weighted by atomic mass is 32.1. The summed E-state index contributed by atoms with van der Waals surface area (Å²) >= 11 is 1.18. The number of nitrogens with two attached hydrogens (primary N) is 1. The molecule has 0 radical (unpaired) electrons. The van der Waals surface area contributed by atoms with E-state index in [4.69, 9.17) is 5.73 Å². The number of aromatic nitrogens is 2. The average molecular weight is 262 g/mol. The van der Waals surface area contributed by atoms with Gasteiger partial charge in [0, 0.05) is 5.69 Å². The second-order valence-corrected chi connectivity index (χ2v) is 5.12. The summed E-state index contributed by atoms with van der Waals surface area (Å²) in [6.45, 7) is 5.61. The molecular weight excluding hydrogens is 248 g/mol. The highest BCUT2D eigenvalue weighted by Crippen LogP contribution is 2.21. The Morgan fingerprint density at radius 3 is 2.56 bits per heavy atom. The molecule has 2 rings (SSSR count). The molecule has 1 amide bonds. The van der Waals surface area contributed by atoms with Crippen LogP contribution >= 0.6 is 11.3 Å². The SMILES string of the molecule is Cc1cc(C)nc(NC(=O)c2sc(N)nc2C)c1. The Hall–Kier alpha value is -1.95. The molecule has 2 aromatic heterocycles. The molecule has 0 atom stereocenters. The van der Waals surface area contributed by atoms with E-state index in [1.807, 2.05) is 26.0 Å². The summed E-state index contributed by atoms with van der Waals surface area (Å²) in [5.74, 6) is 0.322. The number of nitrogens with zero attached hydrogens (tertiary/aromatic N) is 2. The summed E-state index contributed by atoms with van der Waals surface area (Å²) in [7, 11) is 0. The van der Waals surface area contributed by atoms with Crippen molar-refractivity contribution < 1.29 is 4.79 Å². The molecule has 6 heteroatoms. The Morgan fingerprint density at radius 1 is 1.28 bits per heavy atom. The van der Waals surface area contributed by atoms with E-state index < -0.39 is 0 Å². The summed E-state index contributed by atoms with van der Waals surface area (Å²) < 4.78 is 0. The fourth-order valence-electron chi connectivity index (χ4n) is 1.71. The zero-order valence-electron chi connectivity index (χ0n) is 10.4. The highest BCUT2D eigenvalue weighted by Gasteiger charge is 2.14. The maximum absolute atomic E-state index is 12.0. The molecule has 0 aliphatic heterocycles. The number of amides is 1. The van der Waals surface area contributed by atoms with E-state index >= 15 is 0 Å². The molecule has 0 saturated heterocycles. The molecule has 2 aromatic rings. The molecule has 0 spiro atoms. The Morgan fingerprint density at radius 2 is 2.00 bits per heavy atom. The van der Waals surface area contributed by atoms with Gasteiger partial charge >= 0.3 is 0 Å². The number of aryl methyl sites for hydroxylation is 3. The number of thiazole rings is 1. The number of carbonyl (C=O) groups is 1. The third-order valence-corrected chi connectivity index (χ3v) is 3.34. The summed E-state index contributed by atoms with van der Waals surface area (Å²) in [5, 5.41) is 3.15. The third-order valence-electron chi connectivity index (χ3n) is 2.36. The normalized spacial score (nSPS) is 10.4. The van der Waals surface area contributed by atoms with Gasteiger partial charge in [0.1, 0.15) is 10.7 Å². The van der Waals surface area contributed by atoms with E-state index in [1.54, 1.807) is 6.92 Å². The summed E-state index contributed by atoms with van der Waals surface area (Å²) in [5.41, 5.74) is 8.13. The molecule has 0 aliphatic rings. The van der Waals surface area contributed by atoms with E-state index in [0.717, 1.165) is 11.3 Å². The molecule has 18 heavy (non-hydrogen) atoms. The van der Waals surface area contributed by atoms with Crippen molar-refractivity contribution in [2.24, 2.45) is 0 Å². The van der Waals surface area contributed by atoms with Crippen LogP contribution in [0.1, 0.15) is 26.6 Å². The quantitative estimate of drug-likeness (QED) is 0.870. The van der Waals surface area contributed by atoms with Gasteiger partial charge in [-0.3, -0.25) is 4.79 Å². The number of nitrogen functional groups attached to an aromatic ring is 1. The van der Waals surface area contributed by atoms with Crippen molar-refractivity contribution >= 4 is 28.2 Å². The number of hydrogen-bond donors (Lipinski definition) is 2. The van der Waals surface area contributed by atoms with Crippen LogP contribution in [0.3, 0.4) is 0 Å². The number of hydrogen-bond acceptors (Lipinski definition) is 5. The lowest BCUT2D eigenvalue weighted by Crippen LogP contribution is -2.13. The standard InChI is InChI=1S/C12H14N4OS/c1-6-4-7(2)14-9(5-6)16-11(17)10-8(3)15-12(13)18-10/h4-5H,1-3H3,(H2,13,15)(H,14,16,17). The van der Waals surface area contributed by atoms with Crippen LogP contribution in [0.25, 0.3) is 0 Å². The first-order valence-corrected chi connectivity index (χ1v) is 6.27. The maximum atomic E-state index is 12.0.